The molecule has 0 aliphatic carbocycles. The summed E-state index contributed by atoms with van der Waals surface area (Å²) < 4.78 is 6.41. The Labute approximate surface area is 134 Å². The Kier molecular flexibility index (Phi) is 5.71. The maximum atomic E-state index is 6.15. The number of ether oxygens (including phenoxy) is 1. The van der Waals surface area contributed by atoms with Crippen molar-refractivity contribution in [1.29, 1.82) is 0 Å². The van der Waals surface area contributed by atoms with Crippen LogP contribution in [0, 0.1) is 0 Å². The zero-order chi connectivity index (χ0) is 13.8. The molecular formula is C13H15BrClNOS2. The predicted octanol–water partition coefficient (Wildman–Crippen LogP) is 5.32. The van der Waals surface area contributed by atoms with E-state index in [1.807, 2.05) is 12.1 Å². The lowest BCUT2D eigenvalue weighted by molar-refractivity contribution is 0.407. The third-order valence-electron chi connectivity index (χ3n) is 2.69. The fourth-order valence-corrected chi connectivity index (χ4v) is 4.66. The van der Waals surface area contributed by atoms with Crippen LogP contribution in [0.15, 0.2) is 21.3 Å². The third-order valence-corrected chi connectivity index (χ3v) is 6.19. The van der Waals surface area contributed by atoms with E-state index in [-0.39, 0.29) is 6.04 Å². The molecule has 1 atom stereocenters. The minimum absolute atomic E-state index is 0.142. The summed E-state index contributed by atoms with van der Waals surface area (Å²) in [6, 6.07) is 4.16. The standard InChI is InChI=1S/C13H15BrClNOS2/c1-3-5-16-11(10-7-8(15)13(14)19-10)12-9(17-2)4-6-18-12/h4,6-7,11,16H,3,5H2,1-2H3. The van der Waals surface area contributed by atoms with Crippen molar-refractivity contribution in [3.63, 3.8) is 0 Å². The largest absolute Gasteiger partial charge is 0.496 e. The SMILES string of the molecule is CCCNC(c1cc(Cl)c(Br)s1)c1sccc1OC. The molecule has 19 heavy (non-hydrogen) atoms. The van der Waals surface area contributed by atoms with E-state index >= 15 is 0 Å². The zero-order valence-electron chi connectivity index (χ0n) is 10.7. The number of methoxy groups -OCH3 is 1. The summed E-state index contributed by atoms with van der Waals surface area (Å²) >= 11 is 13.0. The number of halogens is 2. The van der Waals surface area contributed by atoms with Gasteiger partial charge < -0.3 is 10.1 Å². The molecule has 2 nitrogen and oxygen atoms in total. The summed E-state index contributed by atoms with van der Waals surface area (Å²) in [5, 5.41) is 6.38. The Hall–Kier alpha value is -0.0700. The smallest absolute Gasteiger partial charge is 0.134 e. The van der Waals surface area contributed by atoms with Gasteiger partial charge in [0.05, 0.1) is 26.8 Å². The Balaban J connectivity index is 2.35. The lowest BCUT2D eigenvalue weighted by atomic mass is 10.2. The second kappa shape index (κ2) is 7.09. The van der Waals surface area contributed by atoms with Crippen LogP contribution in [0.5, 0.6) is 5.75 Å². The van der Waals surface area contributed by atoms with Crippen LogP contribution in [-0.4, -0.2) is 13.7 Å². The average Bonchev–Trinajstić information content (AvgIpc) is 2.98. The highest BCUT2D eigenvalue weighted by Crippen LogP contribution is 2.41. The van der Waals surface area contributed by atoms with Gasteiger partial charge >= 0.3 is 0 Å². The molecule has 0 bridgehead atoms. The second-order valence-corrected chi connectivity index (χ2v) is 7.77. The summed E-state index contributed by atoms with van der Waals surface area (Å²) in [5.41, 5.74) is 0. The molecule has 0 saturated carbocycles. The molecule has 0 saturated heterocycles. The zero-order valence-corrected chi connectivity index (χ0v) is 14.7. The van der Waals surface area contributed by atoms with E-state index in [4.69, 9.17) is 16.3 Å². The maximum absolute atomic E-state index is 6.15. The van der Waals surface area contributed by atoms with Crippen molar-refractivity contribution in [2.45, 2.75) is 19.4 Å². The Morgan fingerprint density at radius 2 is 2.32 bits per heavy atom. The van der Waals surface area contributed by atoms with Crippen LogP contribution in [-0.2, 0) is 0 Å². The molecular weight excluding hydrogens is 366 g/mol. The number of nitrogens with one attached hydrogen (secondary N) is 1. The van der Waals surface area contributed by atoms with E-state index in [0.717, 1.165) is 27.5 Å². The second-order valence-electron chi connectivity index (χ2n) is 4.01. The molecule has 2 aromatic heterocycles. The highest BCUT2D eigenvalue weighted by Gasteiger charge is 2.22. The van der Waals surface area contributed by atoms with Crippen molar-refractivity contribution in [3.8, 4) is 5.75 Å². The van der Waals surface area contributed by atoms with Crippen molar-refractivity contribution >= 4 is 50.2 Å². The van der Waals surface area contributed by atoms with Crippen LogP contribution in [0.3, 0.4) is 0 Å². The van der Waals surface area contributed by atoms with Crippen molar-refractivity contribution < 1.29 is 4.74 Å². The topological polar surface area (TPSA) is 21.3 Å². The minimum Gasteiger partial charge on any atom is -0.496 e. The van der Waals surface area contributed by atoms with Crippen LogP contribution in [0.4, 0.5) is 0 Å². The van der Waals surface area contributed by atoms with E-state index < -0.39 is 0 Å². The van der Waals surface area contributed by atoms with E-state index in [1.165, 1.54) is 9.75 Å². The summed E-state index contributed by atoms with van der Waals surface area (Å²) in [6.07, 6.45) is 1.09. The lowest BCUT2D eigenvalue weighted by Crippen LogP contribution is -2.21. The molecule has 6 heteroatoms. The number of thiophene rings is 2. The normalized spacial score (nSPS) is 12.6. The predicted molar refractivity (Wildman–Crippen MR) is 88.0 cm³/mol. The monoisotopic (exact) mass is 379 g/mol. The Morgan fingerprint density at radius 1 is 1.53 bits per heavy atom. The van der Waals surface area contributed by atoms with Gasteiger partial charge in [0.1, 0.15) is 5.75 Å². The molecule has 0 radical (unpaired) electrons. The van der Waals surface area contributed by atoms with E-state index in [9.17, 15) is 0 Å². The molecule has 1 unspecified atom stereocenters. The molecule has 0 aliphatic rings. The summed E-state index contributed by atoms with van der Waals surface area (Å²) in [4.78, 5) is 2.40. The van der Waals surface area contributed by atoms with Crippen molar-refractivity contribution in [2.24, 2.45) is 0 Å². The highest BCUT2D eigenvalue weighted by atomic mass is 79.9. The van der Waals surface area contributed by atoms with Gasteiger partial charge in [0.2, 0.25) is 0 Å². The highest BCUT2D eigenvalue weighted by molar-refractivity contribution is 9.11. The summed E-state index contributed by atoms with van der Waals surface area (Å²) in [5.74, 6) is 0.930. The van der Waals surface area contributed by atoms with Gasteiger partial charge in [-0.1, -0.05) is 18.5 Å². The molecule has 0 amide bonds. The Bertz CT molecular complexity index is 521. The fourth-order valence-electron chi connectivity index (χ4n) is 1.81. The van der Waals surface area contributed by atoms with Crippen LogP contribution >= 0.6 is 50.2 Å². The van der Waals surface area contributed by atoms with Crippen molar-refractivity contribution in [3.05, 3.63) is 36.1 Å². The van der Waals surface area contributed by atoms with Gasteiger partial charge in [0, 0.05) is 4.88 Å². The first-order valence-corrected chi connectivity index (χ1v) is 8.83. The van der Waals surface area contributed by atoms with Gasteiger partial charge in [-0.3, -0.25) is 0 Å². The van der Waals surface area contributed by atoms with Crippen molar-refractivity contribution in [1.82, 2.24) is 5.32 Å². The molecule has 2 rings (SSSR count). The molecule has 0 aromatic carbocycles. The molecule has 0 spiro atoms. The molecule has 0 aliphatic heterocycles. The van der Waals surface area contributed by atoms with Crippen LogP contribution < -0.4 is 10.1 Å². The molecule has 104 valence electrons. The van der Waals surface area contributed by atoms with Gasteiger partial charge in [0.15, 0.2) is 0 Å². The minimum atomic E-state index is 0.142. The molecule has 1 N–H and O–H groups in total. The van der Waals surface area contributed by atoms with E-state index in [0.29, 0.717) is 0 Å². The Morgan fingerprint density at radius 3 is 2.89 bits per heavy atom. The van der Waals surface area contributed by atoms with E-state index in [1.54, 1.807) is 29.8 Å². The van der Waals surface area contributed by atoms with Gasteiger partial charge in [-0.05, 0) is 46.4 Å². The van der Waals surface area contributed by atoms with E-state index in [2.05, 4.69) is 33.6 Å². The van der Waals surface area contributed by atoms with Gasteiger partial charge in [-0.15, -0.1) is 22.7 Å². The van der Waals surface area contributed by atoms with Crippen molar-refractivity contribution in [2.75, 3.05) is 13.7 Å². The first-order valence-electron chi connectivity index (χ1n) is 5.96. The van der Waals surface area contributed by atoms with Crippen LogP contribution in [0.25, 0.3) is 0 Å². The molecule has 2 aromatic rings. The van der Waals surface area contributed by atoms with Crippen LogP contribution in [0.2, 0.25) is 5.02 Å². The number of rotatable bonds is 6. The number of hydrogen-bond donors (Lipinski definition) is 1. The fraction of sp³-hybridized carbons (Fsp3) is 0.385. The quantitative estimate of drug-likeness (QED) is 0.732. The first-order chi connectivity index (χ1) is 9.17. The number of hydrogen-bond acceptors (Lipinski definition) is 4. The summed E-state index contributed by atoms with van der Waals surface area (Å²) in [7, 11) is 1.71. The molecule has 0 fully saturated rings. The average molecular weight is 381 g/mol. The van der Waals surface area contributed by atoms with Gasteiger partial charge in [-0.25, -0.2) is 0 Å². The van der Waals surface area contributed by atoms with Gasteiger partial charge in [0.25, 0.3) is 0 Å². The first kappa shape index (κ1) is 15.3. The van der Waals surface area contributed by atoms with Gasteiger partial charge in [-0.2, -0.15) is 0 Å². The molecule has 2 heterocycles. The van der Waals surface area contributed by atoms with Crippen LogP contribution in [0.1, 0.15) is 29.1 Å². The maximum Gasteiger partial charge on any atom is 0.134 e. The lowest BCUT2D eigenvalue weighted by Gasteiger charge is -2.17. The third kappa shape index (κ3) is 3.52. The summed E-state index contributed by atoms with van der Waals surface area (Å²) in [6.45, 7) is 3.12.